The molecule has 2 aromatic rings. The minimum Gasteiger partial charge on any atom is -0.352 e. The predicted molar refractivity (Wildman–Crippen MR) is 89.8 cm³/mol. The highest BCUT2D eigenvalue weighted by molar-refractivity contribution is 6.30. The van der Waals surface area contributed by atoms with Crippen LogP contribution in [0.3, 0.4) is 0 Å². The molecule has 0 radical (unpaired) electrons. The van der Waals surface area contributed by atoms with E-state index in [0.717, 1.165) is 11.4 Å². The van der Waals surface area contributed by atoms with E-state index in [-0.39, 0.29) is 11.8 Å². The SMILES string of the molecule is CC(C)CNC(=O)c1cnn(-c2ccc(Cl)cc2)c1C(C)C. The van der Waals surface area contributed by atoms with Crippen LogP contribution in [0.5, 0.6) is 0 Å². The molecule has 118 valence electrons. The van der Waals surface area contributed by atoms with Crippen molar-refractivity contribution in [2.45, 2.75) is 33.6 Å². The van der Waals surface area contributed by atoms with Crippen LogP contribution >= 0.6 is 11.6 Å². The molecule has 0 spiro atoms. The summed E-state index contributed by atoms with van der Waals surface area (Å²) in [6.07, 6.45) is 1.64. The van der Waals surface area contributed by atoms with Crippen molar-refractivity contribution in [2.75, 3.05) is 6.54 Å². The summed E-state index contributed by atoms with van der Waals surface area (Å²) in [6.45, 7) is 8.91. The molecule has 5 heteroatoms. The first-order valence-corrected chi connectivity index (χ1v) is 7.90. The number of halogens is 1. The number of hydrogen-bond acceptors (Lipinski definition) is 2. The van der Waals surface area contributed by atoms with E-state index in [1.54, 1.807) is 6.20 Å². The molecule has 0 saturated heterocycles. The lowest BCUT2D eigenvalue weighted by molar-refractivity contribution is 0.0947. The topological polar surface area (TPSA) is 46.9 Å². The molecule has 1 amide bonds. The van der Waals surface area contributed by atoms with Gasteiger partial charge in [-0.3, -0.25) is 4.79 Å². The van der Waals surface area contributed by atoms with Gasteiger partial charge >= 0.3 is 0 Å². The standard InChI is InChI=1S/C17H22ClN3O/c1-11(2)9-19-17(22)15-10-20-21(16(15)12(3)4)14-7-5-13(18)6-8-14/h5-8,10-12H,9H2,1-4H3,(H,19,22). The average Bonchev–Trinajstić information content (AvgIpc) is 2.90. The minimum absolute atomic E-state index is 0.0717. The van der Waals surface area contributed by atoms with Gasteiger partial charge < -0.3 is 5.32 Å². The number of rotatable bonds is 5. The third kappa shape index (κ3) is 3.69. The van der Waals surface area contributed by atoms with Crippen LogP contribution in [-0.4, -0.2) is 22.2 Å². The van der Waals surface area contributed by atoms with Crippen molar-refractivity contribution >= 4 is 17.5 Å². The van der Waals surface area contributed by atoms with Crippen LogP contribution in [0.25, 0.3) is 5.69 Å². The zero-order valence-corrected chi connectivity index (χ0v) is 14.2. The Labute approximate surface area is 136 Å². The Hall–Kier alpha value is -1.81. The van der Waals surface area contributed by atoms with Crippen molar-refractivity contribution in [3.8, 4) is 5.69 Å². The molecule has 0 aliphatic carbocycles. The molecule has 22 heavy (non-hydrogen) atoms. The average molecular weight is 320 g/mol. The highest BCUT2D eigenvalue weighted by atomic mass is 35.5. The Balaban J connectivity index is 2.37. The van der Waals surface area contributed by atoms with E-state index in [4.69, 9.17) is 11.6 Å². The third-order valence-electron chi connectivity index (χ3n) is 3.34. The fraction of sp³-hybridized carbons (Fsp3) is 0.412. The maximum Gasteiger partial charge on any atom is 0.254 e. The van der Waals surface area contributed by atoms with Crippen molar-refractivity contribution in [2.24, 2.45) is 5.92 Å². The van der Waals surface area contributed by atoms with Crippen LogP contribution in [0, 0.1) is 5.92 Å². The molecule has 1 aromatic carbocycles. The number of aromatic nitrogens is 2. The van der Waals surface area contributed by atoms with E-state index in [0.29, 0.717) is 23.0 Å². The van der Waals surface area contributed by atoms with E-state index in [1.165, 1.54) is 0 Å². The summed E-state index contributed by atoms with van der Waals surface area (Å²) >= 11 is 5.93. The Morgan fingerprint density at radius 3 is 2.41 bits per heavy atom. The zero-order valence-electron chi connectivity index (χ0n) is 13.4. The normalized spacial score (nSPS) is 11.2. The molecule has 1 heterocycles. The van der Waals surface area contributed by atoms with Gasteiger partial charge in [-0.15, -0.1) is 0 Å². The number of nitrogens with one attached hydrogen (secondary N) is 1. The number of carbonyl (C=O) groups is 1. The molecule has 4 nitrogen and oxygen atoms in total. The zero-order chi connectivity index (χ0) is 16.3. The van der Waals surface area contributed by atoms with Gasteiger partial charge in [0.2, 0.25) is 0 Å². The Morgan fingerprint density at radius 2 is 1.86 bits per heavy atom. The summed E-state index contributed by atoms with van der Waals surface area (Å²) in [4.78, 5) is 12.4. The van der Waals surface area contributed by atoms with Crippen molar-refractivity contribution in [1.29, 1.82) is 0 Å². The molecule has 0 aliphatic heterocycles. The second-order valence-electron chi connectivity index (χ2n) is 6.09. The second-order valence-corrected chi connectivity index (χ2v) is 6.53. The molecule has 2 rings (SSSR count). The second kappa shape index (κ2) is 6.97. The van der Waals surface area contributed by atoms with Crippen LogP contribution in [0.2, 0.25) is 5.02 Å². The van der Waals surface area contributed by atoms with Crippen LogP contribution < -0.4 is 5.32 Å². The first-order chi connectivity index (χ1) is 10.4. The number of nitrogens with zero attached hydrogens (tertiary/aromatic N) is 2. The lowest BCUT2D eigenvalue weighted by Gasteiger charge is -2.13. The maximum absolute atomic E-state index is 12.4. The third-order valence-corrected chi connectivity index (χ3v) is 3.59. The molecule has 0 saturated carbocycles. The summed E-state index contributed by atoms with van der Waals surface area (Å²) in [6, 6.07) is 7.44. The highest BCUT2D eigenvalue weighted by Gasteiger charge is 2.20. The number of carbonyl (C=O) groups excluding carboxylic acids is 1. The van der Waals surface area contributed by atoms with Crippen molar-refractivity contribution < 1.29 is 4.79 Å². The van der Waals surface area contributed by atoms with E-state index >= 15 is 0 Å². The monoisotopic (exact) mass is 319 g/mol. The molecule has 0 fully saturated rings. The fourth-order valence-electron chi connectivity index (χ4n) is 2.27. The van der Waals surface area contributed by atoms with Gasteiger partial charge in [0.25, 0.3) is 5.91 Å². The fourth-order valence-corrected chi connectivity index (χ4v) is 2.39. The number of amides is 1. The van der Waals surface area contributed by atoms with Gasteiger partial charge in [-0.2, -0.15) is 5.10 Å². The van der Waals surface area contributed by atoms with E-state index in [1.807, 2.05) is 28.9 Å². The number of hydrogen-bond donors (Lipinski definition) is 1. The molecule has 0 atom stereocenters. The first kappa shape index (κ1) is 16.6. The molecular formula is C17H22ClN3O. The maximum atomic E-state index is 12.4. The highest BCUT2D eigenvalue weighted by Crippen LogP contribution is 2.24. The largest absolute Gasteiger partial charge is 0.352 e. The Kier molecular flexibility index (Phi) is 5.24. The molecule has 1 N–H and O–H groups in total. The number of benzene rings is 1. The van der Waals surface area contributed by atoms with Gasteiger partial charge in [0.05, 0.1) is 23.1 Å². The summed E-state index contributed by atoms with van der Waals surface area (Å²) in [5, 5.41) is 8.03. The molecule has 1 aromatic heterocycles. The lowest BCUT2D eigenvalue weighted by atomic mass is 10.0. The van der Waals surface area contributed by atoms with E-state index < -0.39 is 0 Å². The van der Waals surface area contributed by atoms with Gasteiger partial charge in [0, 0.05) is 11.6 Å². The quantitative estimate of drug-likeness (QED) is 0.904. The smallest absolute Gasteiger partial charge is 0.254 e. The van der Waals surface area contributed by atoms with Crippen molar-refractivity contribution in [3.63, 3.8) is 0 Å². The molecule has 0 bridgehead atoms. The molecule has 0 unspecified atom stereocenters. The van der Waals surface area contributed by atoms with Gasteiger partial charge in [-0.1, -0.05) is 39.3 Å². The first-order valence-electron chi connectivity index (χ1n) is 7.52. The Bertz CT molecular complexity index is 644. The molecule has 0 aliphatic rings. The van der Waals surface area contributed by atoms with Gasteiger partial charge in [-0.25, -0.2) is 4.68 Å². The van der Waals surface area contributed by atoms with Crippen LogP contribution in [-0.2, 0) is 0 Å². The van der Waals surface area contributed by atoms with Crippen molar-refractivity contribution in [3.05, 3.63) is 46.7 Å². The van der Waals surface area contributed by atoms with Crippen LogP contribution in [0.1, 0.15) is 49.7 Å². The molecular weight excluding hydrogens is 298 g/mol. The van der Waals surface area contributed by atoms with E-state index in [9.17, 15) is 4.79 Å². The van der Waals surface area contributed by atoms with Gasteiger partial charge in [-0.05, 0) is 36.1 Å². The summed E-state index contributed by atoms with van der Waals surface area (Å²) in [5.74, 6) is 0.522. The predicted octanol–water partition coefficient (Wildman–Crippen LogP) is 4.03. The Morgan fingerprint density at radius 1 is 1.23 bits per heavy atom. The van der Waals surface area contributed by atoms with Gasteiger partial charge in [0.15, 0.2) is 0 Å². The summed E-state index contributed by atoms with van der Waals surface area (Å²) in [7, 11) is 0. The minimum atomic E-state index is -0.0717. The van der Waals surface area contributed by atoms with Crippen LogP contribution in [0.15, 0.2) is 30.5 Å². The summed E-state index contributed by atoms with van der Waals surface area (Å²) in [5.41, 5.74) is 2.44. The lowest BCUT2D eigenvalue weighted by Crippen LogP contribution is -2.28. The van der Waals surface area contributed by atoms with E-state index in [2.05, 4.69) is 38.1 Å². The van der Waals surface area contributed by atoms with Gasteiger partial charge in [0.1, 0.15) is 0 Å². The van der Waals surface area contributed by atoms with Crippen LogP contribution in [0.4, 0.5) is 0 Å². The summed E-state index contributed by atoms with van der Waals surface area (Å²) < 4.78 is 1.81. The van der Waals surface area contributed by atoms with Crippen molar-refractivity contribution in [1.82, 2.24) is 15.1 Å².